The van der Waals surface area contributed by atoms with Gasteiger partial charge in [-0.25, -0.2) is 4.79 Å². The molecule has 1 aliphatic rings. The number of anilines is 1. The molecule has 142 valence electrons. The van der Waals surface area contributed by atoms with Crippen molar-refractivity contribution in [3.8, 4) is 0 Å². The molecule has 1 aliphatic heterocycles. The number of nitrogens with zero attached hydrogens (tertiary/aromatic N) is 1. The third kappa shape index (κ3) is 4.88. The molecule has 1 unspecified atom stereocenters. The maximum absolute atomic E-state index is 12.8. The second kappa shape index (κ2) is 8.71. The van der Waals surface area contributed by atoms with Crippen LogP contribution in [0.5, 0.6) is 0 Å². The molecule has 0 aromatic heterocycles. The molecule has 2 aromatic carbocycles. The van der Waals surface area contributed by atoms with Crippen molar-refractivity contribution < 1.29 is 14.3 Å². The van der Waals surface area contributed by atoms with Crippen LogP contribution in [0.3, 0.4) is 0 Å². The summed E-state index contributed by atoms with van der Waals surface area (Å²) in [7, 11) is 0. The minimum absolute atomic E-state index is 0.0868. The van der Waals surface area contributed by atoms with Gasteiger partial charge in [0.1, 0.15) is 0 Å². The van der Waals surface area contributed by atoms with E-state index in [0.29, 0.717) is 6.61 Å². The highest BCUT2D eigenvalue weighted by atomic mass is 16.5. The first kappa shape index (κ1) is 19.0. The Labute approximate surface area is 160 Å². The Morgan fingerprint density at radius 2 is 1.81 bits per heavy atom. The van der Waals surface area contributed by atoms with Crippen molar-refractivity contribution >= 4 is 17.7 Å². The fourth-order valence-corrected chi connectivity index (χ4v) is 3.42. The van der Waals surface area contributed by atoms with Crippen LogP contribution in [0.1, 0.15) is 42.5 Å². The van der Waals surface area contributed by atoms with Gasteiger partial charge in [0.25, 0.3) is 0 Å². The summed E-state index contributed by atoms with van der Waals surface area (Å²) < 4.78 is 4.95. The predicted octanol–water partition coefficient (Wildman–Crippen LogP) is 4.47. The number of carbonyl (C=O) groups is 2. The molecule has 1 heterocycles. The molecule has 1 saturated heterocycles. The SMILES string of the molecule is CCOC(=O)Cc1ccc(NC(=O)N2CCCC2c2ccc(C)cc2)cc1. The van der Waals surface area contributed by atoms with Gasteiger partial charge in [0.2, 0.25) is 0 Å². The van der Waals surface area contributed by atoms with Gasteiger partial charge in [-0.1, -0.05) is 42.0 Å². The first-order valence-electron chi connectivity index (χ1n) is 9.45. The van der Waals surface area contributed by atoms with Crippen molar-refractivity contribution in [2.24, 2.45) is 0 Å². The largest absolute Gasteiger partial charge is 0.466 e. The molecule has 3 rings (SSSR count). The molecule has 0 aliphatic carbocycles. The molecule has 5 heteroatoms. The quantitative estimate of drug-likeness (QED) is 0.794. The second-order valence-corrected chi connectivity index (χ2v) is 6.87. The Balaban J connectivity index is 1.62. The van der Waals surface area contributed by atoms with Crippen molar-refractivity contribution in [2.45, 2.75) is 39.2 Å². The zero-order chi connectivity index (χ0) is 19.2. The molecule has 0 spiro atoms. The van der Waals surface area contributed by atoms with Gasteiger partial charge in [0.15, 0.2) is 0 Å². The summed E-state index contributed by atoms with van der Waals surface area (Å²) in [4.78, 5) is 26.2. The van der Waals surface area contributed by atoms with Gasteiger partial charge in [-0.05, 0) is 49.9 Å². The van der Waals surface area contributed by atoms with Crippen LogP contribution in [0.2, 0.25) is 0 Å². The Bertz CT molecular complexity index is 784. The highest BCUT2D eigenvalue weighted by Crippen LogP contribution is 2.32. The zero-order valence-corrected chi connectivity index (χ0v) is 15.9. The van der Waals surface area contributed by atoms with Gasteiger partial charge >= 0.3 is 12.0 Å². The third-order valence-corrected chi connectivity index (χ3v) is 4.83. The Morgan fingerprint density at radius 1 is 1.11 bits per heavy atom. The lowest BCUT2D eigenvalue weighted by Crippen LogP contribution is -2.34. The summed E-state index contributed by atoms with van der Waals surface area (Å²) in [6.07, 6.45) is 2.23. The van der Waals surface area contributed by atoms with E-state index >= 15 is 0 Å². The van der Waals surface area contributed by atoms with Gasteiger partial charge in [0.05, 0.1) is 19.1 Å². The number of urea groups is 1. The highest BCUT2D eigenvalue weighted by molar-refractivity contribution is 5.90. The summed E-state index contributed by atoms with van der Waals surface area (Å²) in [6.45, 7) is 4.99. The van der Waals surface area contributed by atoms with E-state index in [2.05, 4.69) is 36.5 Å². The molecular weight excluding hydrogens is 340 g/mol. The van der Waals surface area contributed by atoms with Crippen molar-refractivity contribution in [3.05, 3.63) is 65.2 Å². The van der Waals surface area contributed by atoms with Crippen LogP contribution < -0.4 is 5.32 Å². The molecule has 2 aromatic rings. The summed E-state index contributed by atoms with van der Waals surface area (Å²) in [6, 6.07) is 15.8. The molecule has 0 radical (unpaired) electrons. The monoisotopic (exact) mass is 366 g/mol. The van der Waals surface area contributed by atoms with Crippen LogP contribution in [-0.2, 0) is 16.0 Å². The fourth-order valence-electron chi connectivity index (χ4n) is 3.42. The number of aryl methyl sites for hydroxylation is 1. The Hall–Kier alpha value is -2.82. The summed E-state index contributed by atoms with van der Waals surface area (Å²) in [5.74, 6) is -0.243. The molecule has 1 atom stereocenters. The third-order valence-electron chi connectivity index (χ3n) is 4.83. The van der Waals surface area contributed by atoms with Crippen molar-refractivity contribution in [1.82, 2.24) is 4.90 Å². The summed E-state index contributed by atoms with van der Waals surface area (Å²) >= 11 is 0. The van der Waals surface area contributed by atoms with E-state index in [-0.39, 0.29) is 24.5 Å². The number of carbonyl (C=O) groups excluding carboxylic acids is 2. The van der Waals surface area contributed by atoms with Gasteiger partial charge in [0, 0.05) is 12.2 Å². The lowest BCUT2D eigenvalue weighted by molar-refractivity contribution is -0.142. The molecular formula is C22H26N2O3. The molecule has 0 saturated carbocycles. The number of benzene rings is 2. The normalized spacial score (nSPS) is 16.2. The van der Waals surface area contributed by atoms with Crippen LogP contribution >= 0.6 is 0 Å². The molecule has 5 nitrogen and oxygen atoms in total. The standard InChI is InChI=1S/C22H26N2O3/c1-3-27-21(25)15-17-8-12-19(13-9-17)23-22(26)24-14-4-5-20(24)18-10-6-16(2)7-11-18/h6-13,20H,3-5,14-15H2,1-2H3,(H,23,26). The minimum atomic E-state index is -0.243. The molecule has 27 heavy (non-hydrogen) atoms. The van der Waals surface area contributed by atoms with Crippen molar-refractivity contribution in [1.29, 1.82) is 0 Å². The average molecular weight is 366 g/mol. The highest BCUT2D eigenvalue weighted by Gasteiger charge is 2.29. The number of rotatable bonds is 5. The number of esters is 1. The number of amides is 2. The lowest BCUT2D eigenvalue weighted by atomic mass is 10.0. The van der Waals surface area contributed by atoms with Crippen LogP contribution in [0.25, 0.3) is 0 Å². The number of hydrogen-bond acceptors (Lipinski definition) is 3. The van der Waals surface area contributed by atoms with E-state index in [4.69, 9.17) is 4.74 Å². The Kier molecular flexibility index (Phi) is 6.12. The number of ether oxygens (including phenoxy) is 1. The first-order chi connectivity index (χ1) is 13.1. The van der Waals surface area contributed by atoms with Crippen LogP contribution in [-0.4, -0.2) is 30.1 Å². The first-order valence-corrected chi connectivity index (χ1v) is 9.45. The van der Waals surface area contributed by atoms with E-state index in [1.807, 2.05) is 29.2 Å². The predicted molar refractivity (Wildman–Crippen MR) is 106 cm³/mol. The van der Waals surface area contributed by atoms with E-state index in [9.17, 15) is 9.59 Å². The molecule has 1 fully saturated rings. The van der Waals surface area contributed by atoms with Gasteiger partial charge in [-0.2, -0.15) is 0 Å². The number of hydrogen-bond donors (Lipinski definition) is 1. The number of nitrogens with one attached hydrogen (secondary N) is 1. The average Bonchev–Trinajstić information content (AvgIpc) is 3.14. The van der Waals surface area contributed by atoms with Gasteiger partial charge < -0.3 is 15.0 Å². The van der Waals surface area contributed by atoms with Crippen LogP contribution in [0.15, 0.2) is 48.5 Å². The maximum atomic E-state index is 12.8. The van der Waals surface area contributed by atoms with Crippen LogP contribution in [0, 0.1) is 6.92 Å². The van der Waals surface area contributed by atoms with E-state index in [1.54, 1.807) is 6.92 Å². The van der Waals surface area contributed by atoms with Gasteiger partial charge in [-0.3, -0.25) is 4.79 Å². The van der Waals surface area contributed by atoms with E-state index in [1.165, 1.54) is 11.1 Å². The Morgan fingerprint density at radius 3 is 2.48 bits per heavy atom. The van der Waals surface area contributed by atoms with E-state index in [0.717, 1.165) is 30.6 Å². The summed E-state index contributed by atoms with van der Waals surface area (Å²) in [5, 5.41) is 2.97. The molecule has 1 N–H and O–H groups in total. The second-order valence-electron chi connectivity index (χ2n) is 6.87. The summed E-state index contributed by atoms with van der Waals surface area (Å²) in [5.41, 5.74) is 3.99. The lowest BCUT2D eigenvalue weighted by Gasteiger charge is -2.25. The van der Waals surface area contributed by atoms with Crippen molar-refractivity contribution in [3.63, 3.8) is 0 Å². The zero-order valence-electron chi connectivity index (χ0n) is 15.9. The van der Waals surface area contributed by atoms with Crippen LogP contribution in [0.4, 0.5) is 10.5 Å². The van der Waals surface area contributed by atoms with E-state index < -0.39 is 0 Å². The van der Waals surface area contributed by atoms with Crippen molar-refractivity contribution in [2.75, 3.05) is 18.5 Å². The number of likely N-dealkylation sites (tertiary alicyclic amines) is 1. The topological polar surface area (TPSA) is 58.6 Å². The fraction of sp³-hybridized carbons (Fsp3) is 0.364. The minimum Gasteiger partial charge on any atom is -0.466 e. The molecule has 2 amide bonds. The van der Waals surface area contributed by atoms with Gasteiger partial charge in [-0.15, -0.1) is 0 Å². The smallest absolute Gasteiger partial charge is 0.322 e. The maximum Gasteiger partial charge on any atom is 0.322 e. The molecule has 0 bridgehead atoms.